The van der Waals surface area contributed by atoms with Crippen molar-refractivity contribution in [2.45, 2.75) is 18.1 Å². The van der Waals surface area contributed by atoms with E-state index in [0.717, 1.165) is 27.6 Å². The molecule has 0 amide bonds. The Balaban J connectivity index is 1.74. The first kappa shape index (κ1) is 17.8. The molecule has 0 radical (unpaired) electrons. The summed E-state index contributed by atoms with van der Waals surface area (Å²) in [5.41, 5.74) is 3.41. The topological polar surface area (TPSA) is 68.2 Å². The van der Waals surface area contributed by atoms with Crippen LogP contribution in [0, 0.1) is 10.1 Å². The van der Waals surface area contributed by atoms with Gasteiger partial charge in [0.15, 0.2) is 6.10 Å². The lowest BCUT2D eigenvalue weighted by molar-refractivity contribution is -0.538. The first-order valence-electron chi connectivity index (χ1n) is 9.34. The molecule has 144 valence electrons. The van der Waals surface area contributed by atoms with E-state index in [1.54, 1.807) is 24.3 Å². The maximum absolute atomic E-state index is 12.3. The number of hydrogen-bond acceptors (Lipinski definition) is 3. The third-order valence-electron chi connectivity index (χ3n) is 5.56. The summed E-state index contributed by atoms with van der Waals surface area (Å²) >= 11 is 6.03. The smallest absolute Gasteiger partial charge is 0.264 e. The molecule has 0 spiro atoms. The Morgan fingerprint density at radius 3 is 2.45 bits per heavy atom. The molecule has 3 aromatic carbocycles. The van der Waals surface area contributed by atoms with Gasteiger partial charge in [-0.15, -0.1) is 0 Å². The third kappa shape index (κ3) is 2.95. The van der Waals surface area contributed by atoms with Gasteiger partial charge < -0.3 is 9.72 Å². The van der Waals surface area contributed by atoms with Crippen LogP contribution in [0.25, 0.3) is 10.9 Å². The fraction of sp³-hybridized carbons (Fsp3) is 0.130. The molecule has 0 fully saturated rings. The summed E-state index contributed by atoms with van der Waals surface area (Å²) in [5.74, 6) is 0.215. The lowest BCUT2D eigenvalue weighted by Crippen LogP contribution is -2.40. The van der Waals surface area contributed by atoms with Crippen molar-refractivity contribution in [1.29, 1.82) is 0 Å². The van der Waals surface area contributed by atoms with Gasteiger partial charge in [0.2, 0.25) is 0 Å². The molecule has 5 nitrogen and oxygen atoms in total. The minimum Gasteiger partial charge on any atom is -0.478 e. The predicted octanol–water partition coefficient (Wildman–Crippen LogP) is 5.73. The Morgan fingerprint density at radius 1 is 0.931 bits per heavy atom. The highest BCUT2D eigenvalue weighted by Crippen LogP contribution is 2.48. The number of para-hydroxylation sites is 2. The van der Waals surface area contributed by atoms with Crippen LogP contribution in [-0.2, 0) is 0 Å². The lowest BCUT2D eigenvalue weighted by atomic mass is 9.78. The summed E-state index contributed by atoms with van der Waals surface area (Å²) < 4.78 is 6.18. The molecule has 0 saturated carbocycles. The Labute approximate surface area is 172 Å². The number of halogens is 1. The Morgan fingerprint density at radius 2 is 1.66 bits per heavy atom. The number of nitro groups is 1. The van der Waals surface area contributed by atoms with E-state index in [-0.39, 0.29) is 4.92 Å². The van der Waals surface area contributed by atoms with Gasteiger partial charge >= 0.3 is 0 Å². The van der Waals surface area contributed by atoms with Crippen molar-refractivity contribution >= 4 is 22.5 Å². The van der Waals surface area contributed by atoms with Crippen LogP contribution in [0.2, 0.25) is 5.02 Å². The number of ether oxygens (including phenoxy) is 1. The summed E-state index contributed by atoms with van der Waals surface area (Å²) in [4.78, 5) is 15.4. The van der Waals surface area contributed by atoms with Crippen LogP contribution in [0.3, 0.4) is 0 Å². The van der Waals surface area contributed by atoms with Crippen LogP contribution in [0.5, 0.6) is 5.75 Å². The second-order valence-corrected chi connectivity index (χ2v) is 7.61. The molecule has 0 unspecified atom stereocenters. The summed E-state index contributed by atoms with van der Waals surface area (Å²) in [6, 6.07) is 21.5. The molecule has 1 aliphatic heterocycles. The number of nitrogens with zero attached hydrogens (tertiary/aromatic N) is 1. The van der Waals surface area contributed by atoms with E-state index in [2.05, 4.69) is 4.98 Å². The number of benzene rings is 3. The molecule has 29 heavy (non-hydrogen) atoms. The quantitative estimate of drug-likeness (QED) is 0.350. The maximum Gasteiger partial charge on any atom is 0.264 e. The van der Waals surface area contributed by atoms with Gasteiger partial charge in [0.25, 0.3) is 6.04 Å². The molecule has 0 aliphatic carbocycles. The van der Waals surface area contributed by atoms with Gasteiger partial charge in [-0.05, 0) is 35.4 Å². The number of H-pyrrole nitrogens is 1. The van der Waals surface area contributed by atoms with E-state index in [9.17, 15) is 10.1 Å². The SMILES string of the molecule is O=[N+]([O-])[C@H]1[C@@H](c2c[nH]c3ccccc23)c2ccccc2O[C@@H]1c1ccc(Cl)cc1. The number of aromatic nitrogens is 1. The van der Waals surface area contributed by atoms with E-state index in [1.807, 2.05) is 54.7 Å². The summed E-state index contributed by atoms with van der Waals surface area (Å²) in [6.07, 6.45) is 1.16. The van der Waals surface area contributed by atoms with Gasteiger partial charge in [0.05, 0.1) is 5.92 Å². The zero-order valence-corrected chi connectivity index (χ0v) is 16.0. The van der Waals surface area contributed by atoms with Crippen LogP contribution in [0.1, 0.15) is 28.7 Å². The second kappa shape index (κ2) is 6.94. The molecular weight excluding hydrogens is 388 g/mol. The van der Waals surface area contributed by atoms with Crippen molar-refractivity contribution in [1.82, 2.24) is 4.98 Å². The number of fused-ring (bicyclic) bond motifs is 2. The van der Waals surface area contributed by atoms with E-state index < -0.39 is 18.1 Å². The minimum absolute atomic E-state index is 0.221. The number of nitrogens with one attached hydrogen (secondary N) is 1. The predicted molar refractivity (Wildman–Crippen MR) is 112 cm³/mol. The Kier molecular flexibility index (Phi) is 4.25. The Hall–Kier alpha value is -3.31. The van der Waals surface area contributed by atoms with E-state index in [4.69, 9.17) is 16.3 Å². The summed E-state index contributed by atoms with van der Waals surface area (Å²) in [5, 5.41) is 13.9. The lowest BCUT2D eigenvalue weighted by Gasteiger charge is -2.34. The van der Waals surface area contributed by atoms with Crippen molar-refractivity contribution in [2.24, 2.45) is 0 Å². The van der Waals surface area contributed by atoms with Gasteiger partial charge in [-0.2, -0.15) is 0 Å². The van der Waals surface area contributed by atoms with Crippen LogP contribution < -0.4 is 4.74 Å². The van der Waals surface area contributed by atoms with Gasteiger partial charge in [-0.1, -0.05) is 60.1 Å². The van der Waals surface area contributed by atoms with Crippen molar-refractivity contribution in [3.05, 3.63) is 111 Å². The number of aromatic amines is 1. The number of rotatable bonds is 3. The number of hydrogen-bond donors (Lipinski definition) is 1. The van der Waals surface area contributed by atoms with Gasteiger partial charge in [0, 0.05) is 32.6 Å². The fourth-order valence-corrected chi connectivity index (χ4v) is 4.39. The molecule has 5 rings (SSSR count). The molecular formula is C23H17ClN2O3. The largest absolute Gasteiger partial charge is 0.478 e. The highest BCUT2D eigenvalue weighted by Gasteiger charge is 2.48. The molecule has 4 aromatic rings. The normalized spacial score (nSPS) is 20.8. The highest BCUT2D eigenvalue weighted by atomic mass is 35.5. The molecule has 0 bridgehead atoms. The van der Waals surface area contributed by atoms with Crippen molar-refractivity contribution < 1.29 is 9.66 Å². The van der Waals surface area contributed by atoms with Crippen molar-refractivity contribution in [3.8, 4) is 5.75 Å². The minimum atomic E-state index is -0.981. The van der Waals surface area contributed by atoms with Crippen LogP contribution >= 0.6 is 11.6 Å². The average molecular weight is 405 g/mol. The van der Waals surface area contributed by atoms with Crippen LogP contribution in [0.4, 0.5) is 0 Å². The molecule has 3 atom stereocenters. The van der Waals surface area contributed by atoms with Crippen LogP contribution in [-0.4, -0.2) is 15.9 Å². The standard InChI is InChI=1S/C23H17ClN2O3/c24-15-11-9-14(10-12-15)23-22(26(27)28)21(17-6-2-4-8-20(17)29-23)18-13-25-19-7-3-1-5-16(18)19/h1-13,21-23,25H/t21-,22+,23-/m1/s1. The van der Waals surface area contributed by atoms with Crippen molar-refractivity contribution in [2.75, 3.05) is 0 Å². The van der Waals surface area contributed by atoms with Gasteiger partial charge in [0.1, 0.15) is 5.75 Å². The van der Waals surface area contributed by atoms with E-state index in [1.165, 1.54) is 0 Å². The van der Waals surface area contributed by atoms with Gasteiger partial charge in [-0.3, -0.25) is 10.1 Å². The van der Waals surface area contributed by atoms with Gasteiger partial charge in [-0.25, -0.2) is 0 Å². The molecule has 6 heteroatoms. The first-order chi connectivity index (χ1) is 14.1. The highest BCUT2D eigenvalue weighted by molar-refractivity contribution is 6.30. The van der Waals surface area contributed by atoms with E-state index in [0.29, 0.717) is 10.8 Å². The molecule has 1 N–H and O–H groups in total. The summed E-state index contributed by atoms with van der Waals surface area (Å²) in [7, 11) is 0. The fourth-order valence-electron chi connectivity index (χ4n) is 4.26. The molecule has 1 aromatic heterocycles. The zero-order valence-electron chi connectivity index (χ0n) is 15.3. The monoisotopic (exact) mass is 404 g/mol. The first-order valence-corrected chi connectivity index (χ1v) is 9.72. The zero-order chi connectivity index (χ0) is 20.0. The molecule has 0 saturated heterocycles. The molecule has 1 aliphatic rings. The maximum atomic E-state index is 12.3. The van der Waals surface area contributed by atoms with E-state index >= 15 is 0 Å². The Bertz CT molecular complexity index is 1200. The molecule has 2 heterocycles. The second-order valence-electron chi connectivity index (χ2n) is 7.17. The van der Waals surface area contributed by atoms with Crippen molar-refractivity contribution in [3.63, 3.8) is 0 Å². The third-order valence-corrected chi connectivity index (χ3v) is 5.81. The summed E-state index contributed by atoms with van der Waals surface area (Å²) in [6.45, 7) is 0. The van der Waals surface area contributed by atoms with Crippen LogP contribution in [0.15, 0.2) is 79.0 Å². The average Bonchev–Trinajstić information content (AvgIpc) is 3.16.